The molecule has 0 radical (unpaired) electrons. The maximum atomic E-state index is 13.0. The predicted molar refractivity (Wildman–Crippen MR) is 196 cm³/mol. The van der Waals surface area contributed by atoms with E-state index >= 15 is 0 Å². The number of anilines is 2. The molecule has 2 N–H and O–H groups in total. The molecule has 3 aliphatic rings. The van der Waals surface area contributed by atoms with E-state index in [4.69, 9.17) is 19.5 Å². The highest BCUT2D eigenvalue weighted by Gasteiger charge is 2.25. The van der Waals surface area contributed by atoms with Crippen LogP contribution in [0.4, 0.5) is 16.2 Å². The van der Waals surface area contributed by atoms with Gasteiger partial charge in [0.25, 0.3) is 5.91 Å². The summed E-state index contributed by atoms with van der Waals surface area (Å²) in [6.45, 7) is 13.6. The lowest BCUT2D eigenvalue weighted by molar-refractivity contribution is 0.0525. The van der Waals surface area contributed by atoms with Gasteiger partial charge in [0.1, 0.15) is 11.7 Å². The average Bonchev–Trinajstić information content (AvgIpc) is 3.14. The van der Waals surface area contributed by atoms with Crippen molar-refractivity contribution in [3.05, 3.63) is 71.1 Å². The summed E-state index contributed by atoms with van der Waals surface area (Å²) < 4.78 is 11.2. The summed E-state index contributed by atoms with van der Waals surface area (Å²) in [5, 5.41) is 5.78. The maximum absolute atomic E-state index is 13.0. The molecule has 3 aliphatic heterocycles. The number of rotatable bonds is 8. The van der Waals surface area contributed by atoms with Crippen LogP contribution in [0.25, 0.3) is 0 Å². The van der Waals surface area contributed by atoms with Crippen LogP contribution >= 0.6 is 0 Å². The van der Waals surface area contributed by atoms with Crippen molar-refractivity contribution in [2.75, 3.05) is 90.4 Å². The van der Waals surface area contributed by atoms with Gasteiger partial charge in [0.05, 0.1) is 26.4 Å². The Morgan fingerprint density at radius 1 is 0.735 bits per heavy atom. The fraction of sp³-hybridized carbons (Fsp3) is 0.514. The van der Waals surface area contributed by atoms with E-state index in [-0.39, 0.29) is 11.9 Å². The molecule has 3 saturated heterocycles. The van der Waals surface area contributed by atoms with Crippen molar-refractivity contribution in [2.45, 2.75) is 46.1 Å². The topological polar surface area (TPSA) is 114 Å². The second-order valence-corrected chi connectivity index (χ2v) is 13.0. The number of amides is 3. The molecule has 12 heteroatoms. The van der Waals surface area contributed by atoms with Crippen LogP contribution in [0.15, 0.2) is 69.9 Å². The van der Waals surface area contributed by atoms with Crippen LogP contribution in [0.2, 0.25) is 0 Å². The van der Waals surface area contributed by atoms with Crippen molar-refractivity contribution >= 4 is 35.0 Å². The summed E-state index contributed by atoms with van der Waals surface area (Å²) in [5.41, 5.74) is 3.90. The molecular weight excluding hydrogens is 620 g/mol. The van der Waals surface area contributed by atoms with Gasteiger partial charge in [-0.1, -0.05) is 6.92 Å². The number of aliphatic imine (C=N–C) groups is 2. The highest BCUT2D eigenvalue weighted by atomic mass is 16.5. The summed E-state index contributed by atoms with van der Waals surface area (Å²) in [5.74, 6) is 2.47. The number of amidine groups is 2. The standard InChI is InChI=1S/C37H52N8O4/c1-6-27(2)35(44-21-25-49-26-22-44)41-34(38-28(3)43-19-23-48-24-20-43)29-7-11-31(12-8-29)39-37(47)40-32-13-9-30(10-14-32)36(46)45-17-15-33(16-18-45)42(4)5/h7-14,33H,6,15-26H2,1-5H3,(H2,39,40,47). The van der Waals surface area contributed by atoms with Gasteiger partial charge in [-0.25, -0.2) is 14.8 Å². The number of ether oxygens (including phenoxy) is 2. The van der Waals surface area contributed by atoms with Crippen LogP contribution in [-0.4, -0.2) is 129 Å². The zero-order chi connectivity index (χ0) is 34.8. The molecule has 0 spiro atoms. The second-order valence-electron chi connectivity index (χ2n) is 13.0. The van der Waals surface area contributed by atoms with Crippen LogP contribution in [-0.2, 0) is 9.47 Å². The van der Waals surface area contributed by atoms with Gasteiger partial charge in [-0.05, 0) is 101 Å². The van der Waals surface area contributed by atoms with Gasteiger partial charge in [0, 0.05) is 67.8 Å². The number of hydrogen-bond donors (Lipinski definition) is 2. The molecule has 0 aromatic heterocycles. The number of urea groups is 1. The minimum atomic E-state index is -0.372. The van der Waals surface area contributed by atoms with Gasteiger partial charge < -0.3 is 39.7 Å². The molecule has 0 bridgehead atoms. The van der Waals surface area contributed by atoms with Crippen molar-refractivity contribution in [3.8, 4) is 0 Å². The molecule has 3 amide bonds. The lowest BCUT2D eigenvalue weighted by Gasteiger charge is -2.35. The average molecular weight is 673 g/mol. The predicted octanol–water partition coefficient (Wildman–Crippen LogP) is 4.97. The van der Waals surface area contributed by atoms with E-state index in [1.807, 2.05) is 36.1 Å². The number of carbonyl (C=O) groups excluding carboxylic acids is 2. The second kappa shape index (κ2) is 17.4. The third-order valence-corrected chi connectivity index (χ3v) is 9.44. The Hall–Kier alpha value is -4.26. The Morgan fingerprint density at radius 3 is 1.76 bits per heavy atom. The number of likely N-dealkylation sites (tertiary alicyclic amines) is 1. The minimum absolute atomic E-state index is 0.0260. The molecular formula is C37H52N8O4. The molecule has 49 heavy (non-hydrogen) atoms. The molecule has 0 saturated carbocycles. The zero-order valence-corrected chi connectivity index (χ0v) is 29.7. The first-order valence-corrected chi connectivity index (χ1v) is 17.4. The number of benzene rings is 2. The van der Waals surface area contributed by atoms with Gasteiger partial charge >= 0.3 is 6.03 Å². The number of carbonyl (C=O) groups is 2. The van der Waals surface area contributed by atoms with E-state index in [1.54, 1.807) is 24.3 Å². The monoisotopic (exact) mass is 672 g/mol. The van der Waals surface area contributed by atoms with Crippen molar-refractivity contribution < 1.29 is 19.1 Å². The van der Waals surface area contributed by atoms with Gasteiger partial charge in [-0.3, -0.25) is 4.79 Å². The van der Waals surface area contributed by atoms with Crippen molar-refractivity contribution in [3.63, 3.8) is 0 Å². The summed E-state index contributed by atoms with van der Waals surface area (Å²) in [4.78, 5) is 44.8. The fourth-order valence-corrected chi connectivity index (χ4v) is 6.19. The minimum Gasteiger partial charge on any atom is -0.378 e. The zero-order valence-electron chi connectivity index (χ0n) is 29.7. The van der Waals surface area contributed by atoms with Crippen LogP contribution in [0.1, 0.15) is 56.0 Å². The smallest absolute Gasteiger partial charge is 0.323 e. The third-order valence-electron chi connectivity index (χ3n) is 9.44. The van der Waals surface area contributed by atoms with Crippen LogP contribution < -0.4 is 10.6 Å². The molecule has 3 fully saturated rings. The molecule has 5 rings (SSSR count). The number of hydrogen-bond acceptors (Lipinski definition) is 7. The largest absolute Gasteiger partial charge is 0.378 e. The fourth-order valence-electron chi connectivity index (χ4n) is 6.19. The summed E-state index contributed by atoms with van der Waals surface area (Å²) in [6, 6.07) is 14.8. The quantitative estimate of drug-likeness (QED) is 0.301. The molecule has 0 aliphatic carbocycles. The van der Waals surface area contributed by atoms with E-state index in [0.717, 1.165) is 75.8 Å². The molecule has 12 nitrogen and oxygen atoms in total. The van der Waals surface area contributed by atoms with Gasteiger partial charge in [-0.15, -0.1) is 0 Å². The highest BCUT2D eigenvalue weighted by molar-refractivity contribution is 6.07. The maximum Gasteiger partial charge on any atom is 0.323 e. The third kappa shape index (κ3) is 9.90. The first-order valence-electron chi connectivity index (χ1n) is 17.4. The Labute approximate surface area is 290 Å². The molecule has 2 aromatic carbocycles. The molecule has 3 heterocycles. The number of nitrogens with one attached hydrogen (secondary N) is 2. The van der Waals surface area contributed by atoms with Gasteiger partial charge in [0.15, 0.2) is 5.84 Å². The first kappa shape index (κ1) is 36.0. The summed E-state index contributed by atoms with van der Waals surface area (Å²) >= 11 is 0. The Bertz CT molecular complexity index is 1500. The van der Waals surface area contributed by atoms with E-state index in [9.17, 15) is 9.59 Å². The Balaban J connectivity index is 1.26. The Morgan fingerprint density at radius 2 is 1.24 bits per heavy atom. The van der Waals surface area contributed by atoms with Gasteiger partial charge in [0.2, 0.25) is 0 Å². The van der Waals surface area contributed by atoms with E-state index in [1.165, 1.54) is 5.57 Å². The van der Waals surface area contributed by atoms with Crippen molar-refractivity contribution in [1.29, 1.82) is 0 Å². The first-order chi connectivity index (χ1) is 23.7. The normalized spacial score (nSPS) is 18.8. The van der Waals surface area contributed by atoms with E-state index in [2.05, 4.69) is 53.3 Å². The lowest BCUT2D eigenvalue weighted by Crippen LogP contribution is -2.44. The Kier molecular flexibility index (Phi) is 12.8. The molecule has 2 aromatic rings. The lowest BCUT2D eigenvalue weighted by atomic mass is 10.0. The highest BCUT2D eigenvalue weighted by Crippen LogP contribution is 2.21. The summed E-state index contributed by atoms with van der Waals surface area (Å²) in [7, 11) is 4.18. The van der Waals surface area contributed by atoms with Crippen LogP contribution in [0.5, 0.6) is 0 Å². The van der Waals surface area contributed by atoms with E-state index in [0.29, 0.717) is 55.2 Å². The number of nitrogens with zero attached hydrogens (tertiary/aromatic N) is 6. The van der Waals surface area contributed by atoms with Crippen LogP contribution in [0, 0.1) is 0 Å². The SMILES string of the molecule is CCC(C)=C(N=C(N=C(C)N1CCOCC1)c1ccc(NC(=O)Nc2ccc(C(=O)N3CCC(N(C)C)CC3)cc2)cc1)N1CCOCC1. The van der Waals surface area contributed by atoms with Gasteiger partial charge in [-0.2, -0.15) is 0 Å². The van der Waals surface area contributed by atoms with E-state index < -0.39 is 0 Å². The van der Waals surface area contributed by atoms with Crippen molar-refractivity contribution in [2.24, 2.45) is 9.98 Å². The number of morpholine rings is 2. The summed E-state index contributed by atoms with van der Waals surface area (Å²) in [6.07, 6.45) is 2.82. The number of piperidine rings is 1. The van der Waals surface area contributed by atoms with Crippen molar-refractivity contribution in [1.82, 2.24) is 19.6 Å². The molecule has 0 unspecified atom stereocenters. The van der Waals surface area contributed by atoms with Crippen LogP contribution in [0.3, 0.4) is 0 Å². The molecule has 0 atom stereocenters. The molecule has 264 valence electrons. The number of allylic oxidation sites excluding steroid dienone is 1.